The fourth-order valence-corrected chi connectivity index (χ4v) is 5.12. The summed E-state index contributed by atoms with van der Waals surface area (Å²) < 4.78 is 10.6. The summed E-state index contributed by atoms with van der Waals surface area (Å²) in [6.45, 7) is 8.01. The van der Waals surface area contributed by atoms with Crippen LogP contribution in [-0.4, -0.2) is 42.1 Å². The number of Topliss-reactive ketones (excluding diaryl/α,β-unsaturated/α-hetero) is 1. The molecule has 1 atom stereocenters. The van der Waals surface area contributed by atoms with E-state index in [4.69, 9.17) is 9.47 Å². The number of benzene rings is 2. The molecule has 2 aromatic carbocycles. The normalized spacial score (nSPS) is 11.7. The van der Waals surface area contributed by atoms with Crippen LogP contribution in [-0.2, 0) is 20.9 Å². The number of carbonyl (C=O) groups excluding carboxylic acids is 4. The van der Waals surface area contributed by atoms with Gasteiger partial charge in [-0.05, 0) is 64.2 Å². The molecule has 9 nitrogen and oxygen atoms in total. The Morgan fingerprint density at radius 2 is 1.34 bits per heavy atom. The van der Waals surface area contributed by atoms with Gasteiger partial charge in [-0.25, -0.2) is 9.59 Å². The number of rotatable bonds is 22. The second kappa shape index (κ2) is 22.6. The summed E-state index contributed by atoms with van der Waals surface area (Å²) in [5, 5.41) is 8.27. The molecule has 0 aliphatic heterocycles. The first-order chi connectivity index (χ1) is 22.6. The van der Waals surface area contributed by atoms with Gasteiger partial charge in [0.15, 0.2) is 5.78 Å². The summed E-state index contributed by atoms with van der Waals surface area (Å²) in [5.41, 5.74) is 1.05. The first-order valence-electron chi connectivity index (χ1n) is 17.5. The van der Waals surface area contributed by atoms with Gasteiger partial charge in [-0.2, -0.15) is 0 Å². The Morgan fingerprint density at radius 1 is 0.723 bits per heavy atom. The van der Waals surface area contributed by atoms with Gasteiger partial charge < -0.3 is 25.4 Å². The Morgan fingerprint density at radius 3 is 2.00 bits per heavy atom. The molecule has 0 saturated heterocycles. The molecular formula is C38H57N3O6. The van der Waals surface area contributed by atoms with Crippen LogP contribution in [0.2, 0.25) is 0 Å². The lowest BCUT2D eigenvalue weighted by Crippen LogP contribution is -2.46. The van der Waals surface area contributed by atoms with Gasteiger partial charge in [0.05, 0.1) is 5.69 Å². The van der Waals surface area contributed by atoms with Crippen molar-refractivity contribution in [1.82, 2.24) is 10.6 Å². The number of hydrogen-bond donors (Lipinski definition) is 3. The molecule has 0 heterocycles. The highest BCUT2D eigenvalue weighted by molar-refractivity contribution is 6.06. The summed E-state index contributed by atoms with van der Waals surface area (Å²) in [5.74, 6) is -0.451. The Labute approximate surface area is 281 Å². The molecule has 0 aromatic heterocycles. The lowest BCUT2D eigenvalue weighted by molar-refractivity contribution is -0.118. The van der Waals surface area contributed by atoms with E-state index < -0.39 is 29.7 Å². The molecule has 3 N–H and O–H groups in total. The van der Waals surface area contributed by atoms with Crippen LogP contribution in [0.15, 0.2) is 54.6 Å². The molecule has 2 rings (SSSR count). The third kappa shape index (κ3) is 18.1. The highest BCUT2D eigenvalue weighted by Gasteiger charge is 2.25. The van der Waals surface area contributed by atoms with Crippen molar-refractivity contribution in [3.8, 4) is 0 Å². The van der Waals surface area contributed by atoms with E-state index >= 15 is 0 Å². The van der Waals surface area contributed by atoms with Crippen molar-refractivity contribution in [2.24, 2.45) is 0 Å². The van der Waals surface area contributed by atoms with Crippen molar-refractivity contribution in [3.05, 3.63) is 65.7 Å². The Kier molecular flexibility index (Phi) is 18.9. The van der Waals surface area contributed by atoms with Gasteiger partial charge in [-0.3, -0.25) is 9.59 Å². The summed E-state index contributed by atoms with van der Waals surface area (Å²) in [4.78, 5) is 51.2. The maximum atomic E-state index is 13.4. The molecule has 0 radical (unpaired) electrons. The Bertz CT molecular complexity index is 1210. The maximum absolute atomic E-state index is 13.4. The topological polar surface area (TPSA) is 123 Å². The number of unbranched alkanes of at least 4 members (excludes halogenated alkanes) is 10. The van der Waals surface area contributed by atoms with E-state index in [2.05, 4.69) is 22.9 Å². The van der Waals surface area contributed by atoms with Gasteiger partial charge in [-0.15, -0.1) is 0 Å². The predicted octanol–water partition coefficient (Wildman–Crippen LogP) is 9.11. The van der Waals surface area contributed by atoms with Gasteiger partial charge in [0.25, 0.3) is 0 Å². The minimum absolute atomic E-state index is 0.0117. The van der Waals surface area contributed by atoms with Crippen LogP contribution in [0.4, 0.5) is 15.3 Å². The van der Waals surface area contributed by atoms with E-state index in [9.17, 15) is 19.2 Å². The van der Waals surface area contributed by atoms with Crippen molar-refractivity contribution in [2.75, 3.05) is 11.9 Å². The van der Waals surface area contributed by atoms with Crippen molar-refractivity contribution >= 4 is 29.6 Å². The van der Waals surface area contributed by atoms with Gasteiger partial charge in [0.1, 0.15) is 18.2 Å². The van der Waals surface area contributed by atoms with Crippen LogP contribution >= 0.6 is 0 Å². The molecule has 260 valence electrons. The number of alkyl carbamates (subject to hydrolysis) is 2. The number of para-hydroxylation sites is 1. The van der Waals surface area contributed by atoms with E-state index in [0.29, 0.717) is 43.5 Å². The number of ketones is 1. The molecule has 2 aromatic rings. The van der Waals surface area contributed by atoms with Gasteiger partial charge >= 0.3 is 12.2 Å². The molecule has 0 fully saturated rings. The summed E-state index contributed by atoms with van der Waals surface area (Å²) in [6.07, 6.45) is 12.5. The molecule has 0 bridgehead atoms. The zero-order valence-corrected chi connectivity index (χ0v) is 29.0. The maximum Gasteiger partial charge on any atom is 0.408 e. The summed E-state index contributed by atoms with van der Waals surface area (Å²) >= 11 is 0. The fraction of sp³-hybridized carbons (Fsp3) is 0.579. The largest absolute Gasteiger partial charge is 0.445 e. The summed E-state index contributed by atoms with van der Waals surface area (Å²) in [6, 6.07) is 15.5. The first kappa shape index (κ1) is 39.3. The van der Waals surface area contributed by atoms with Crippen molar-refractivity contribution in [1.29, 1.82) is 0 Å². The van der Waals surface area contributed by atoms with Gasteiger partial charge in [-0.1, -0.05) is 107 Å². The number of amides is 3. The third-order valence-electron chi connectivity index (χ3n) is 7.65. The second-order valence-corrected chi connectivity index (χ2v) is 13.1. The molecule has 0 aliphatic carbocycles. The SMILES string of the molecule is CCCCCCCCCCCCC(=O)c1ccccc1NC(=O)[C@@H](CCCCNC(=O)OCc1ccccc1)NC(=O)OC(C)(C)C. The predicted molar refractivity (Wildman–Crippen MR) is 188 cm³/mol. The van der Waals surface area contributed by atoms with Gasteiger partial charge in [0.2, 0.25) is 5.91 Å². The highest BCUT2D eigenvalue weighted by atomic mass is 16.6. The number of carbonyl (C=O) groups is 4. The van der Waals surface area contributed by atoms with Crippen molar-refractivity contribution in [3.63, 3.8) is 0 Å². The van der Waals surface area contributed by atoms with E-state index in [-0.39, 0.29) is 12.4 Å². The van der Waals surface area contributed by atoms with Crippen LogP contribution in [0.3, 0.4) is 0 Å². The van der Waals surface area contributed by atoms with E-state index in [1.165, 1.54) is 44.9 Å². The zero-order valence-electron chi connectivity index (χ0n) is 29.0. The Balaban J connectivity index is 1.86. The number of hydrogen-bond acceptors (Lipinski definition) is 6. The van der Waals surface area contributed by atoms with Gasteiger partial charge in [0, 0.05) is 18.5 Å². The number of ether oxygens (including phenoxy) is 2. The third-order valence-corrected chi connectivity index (χ3v) is 7.65. The molecule has 3 amide bonds. The van der Waals surface area contributed by atoms with Crippen LogP contribution < -0.4 is 16.0 Å². The first-order valence-corrected chi connectivity index (χ1v) is 17.5. The van der Waals surface area contributed by atoms with Crippen LogP contribution in [0.5, 0.6) is 0 Å². The van der Waals surface area contributed by atoms with E-state index in [0.717, 1.165) is 24.8 Å². The molecule has 9 heteroatoms. The van der Waals surface area contributed by atoms with E-state index in [1.54, 1.807) is 45.0 Å². The Hall–Kier alpha value is -3.88. The van der Waals surface area contributed by atoms with Crippen molar-refractivity contribution in [2.45, 2.75) is 136 Å². The standard InChI is InChI=1S/C38H57N3O6/c1-5-6-7-8-9-10-11-12-13-17-27-34(42)31-24-18-19-25-32(31)40-35(43)33(41-37(45)47-38(2,3)4)26-20-21-28-39-36(44)46-29-30-22-15-14-16-23-30/h14-16,18-19,22-25,33H,5-13,17,20-21,26-29H2,1-4H3,(H,39,44)(H,40,43)(H,41,45)/t33-/m1/s1. The van der Waals surface area contributed by atoms with E-state index in [1.807, 2.05) is 30.3 Å². The monoisotopic (exact) mass is 651 g/mol. The average molecular weight is 652 g/mol. The molecular weight excluding hydrogens is 594 g/mol. The molecule has 47 heavy (non-hydrogen) atoms. The minimum atomic E-state index is -0.903. The second-order valence-electron chi connectivity index (χ2n) is 13.1. The summed E-state index contributed by atoms with van der Waals surface area (Å²) in [7, 11) is 0. The lowest BCUT2D eigenvalue weighted by Gasteiger charge is -2.23. The van der Waals surface area contributed by atoms with Crippen LogP contribution in [0.1, 0.15) is 134 Å². The minimum Gasteiger partial charge on any atom is -0.445 e. The zero-order chi connectivity index (χ0) is 34.3. The smallest absolute Gasteiger partial charge is 0.408 e. The molecule has 0 aliphatic rings. The van der Waals surface area contributed by atoms with Crippen LogP contribution in [0, 0.1) is 0 Å². The molecule has 0 saturated carbocycles. The highest BCUT2D eigenvalue weighted by Crippen LogP contribution is 2.20. The quantitative estimate of drug-likeness (QED) is 0.0862. The average Bonchev–Trinajstić information content (AvgIpc) is 3.03. The molecule has 0 unspecified atom stereocenters. The number of nitrogens with one attached hydrogen (secondary N) is 3. The number of anilines is 1. The lowest BCUT2D eigenvalue weighted by atomic mass is 10.0. The fourth-order valence-electron chi connectivity index (χ4n) is 5.12. The molecule has 0 spiro atoms. The van der Waals surface area contributed by atoms with Crippen molar-refractivity contribution < 1.29 is 28.7 Å². The van der Waals surface area contributed by atoms with Crippen LogP contribution in [0.25, 0.3) is 0 Å².